The van der Waals surface area contributed by atoms with Gasteiger partial charge in [-0.05, 0) is 43.2 Å². The van der Waals surface area contributed by atoms with Crippen molar-refractivity contribution in [3.8, 4) is 5.69 Å². The van der Waals surface area contributed by atoms with E-state index >= 15 is 0 Å². The summed E-state index contributed by atoms with van der Waals surface area (Å²) >= 11 is 0. The molecule has 1 heterocycles. The van der Waals surface area contributed by atoms with Gasteiger partial charge in [-0.25, -0.2) is 4.68 Å². The van der Waals surface area contributed by atoms with Gasteiger partial charge in [-0.15, -0.1) is 0 Å². The van der Waals surface area contributed by atoms with E-state index in [1.54, 1.807) is 0 Å². The van der Waals surface area contributed by atoms with Gasteiger partial charge in [-0.1, -0.05) is 32.0 Å². The molecule has 1 aromatic heterocycles. The summed E-state index contributed by atoms with van der Waals surface area (Å²) in [5, 5.41) is 7.81. The number of carbonyl (C=O) groups excluding carboxylic acids is 2. The van der Waals surface area contributed by atoms with Crippen LogP contribution in [-0.2, 0) is 20.7 Å². The van der Waals surface area contributed by atoms with Crippen LogP contribution in [0.4, 0.5) is 0 Å². The number of hydrogen-bond acceptors (Lipinski definition) is 4. The molecule has 0 aliphatic heterocycles. The molecule has 0 bridgehead atoms. The molecule has 1 amide bonds. The number of rotatable bonds is 6. The summed E-state index contributed by atoms with van der Waals surface area (Å²) in [6, 6.07) is 8.13. The van der Waals surface area contributed by atoms with Crippen LogP contribution < -0.4 is 5.32 Å². The normalized spacial score (nSPS) is 17.6. The topological polar surface area (TPSA) is 73.2 Å². The van der Waals surface area contributed by atoms with E-state index in [0.29, 0.717) is 12.8 Å². The molecule has 6 heteroatoms. The highest BCUT2D eigenvalue weighted by molar-refractivity contribution is 5.77. The predicted octanol–water partition coefficient (Wildman–Crippen LogP) is 3.65. The smallest absolute Gasteiger partial charge is 0.305 e. The predicted molar refractivity (Wildman–Crippen MR) is 107 cm³/mol. The molecule has 1 aromatic carbocycles. The largest absolute Gasteiger partial charge is 0.469 e. The molecule has 150 valence electrons. The molecule has 2 aromatic rings. The Bertz CT molecular complexity index is 870. The Kier molecular flexibility index (Phi) is 5.87. The van der Waals surface area contributed by atoms with E-state index in [-0.39, 0.29) is 29.8 Å². The fourth-order valence-corrected chi connectivity index (χ4v) is 3.94. The molecule has 1 N–H and O–H groups in total. The summed E-state index contributed by atoms with van der Waals surface area (Å²) in [5.74, 6) is -0.324. The molecule has 1 unspecified atom stereocenters. The fraction of sp³-hybridized carbons (Fsp3) is 0.500. The summed E-state index contributed by atoms with van der Waals surface area (Å²) in [6.45, 7) is 6.53. The Morgan fingerprint density at radius 3 is 2.75 bits per heavy atom. The maximum Gasteiger partial charge on any atom is 0.305 e. The fourth-order valence-electron chi connectivity index (χ4n) is 3.94. The standard InChI is InChI=1S/C22H29N3O3/c1-15-8-5-6-9-18(15)25-19-13-22(2,3)12-17(16(19)14-23-25)24-20(26)10-7-11-21(27)28-4/h5-6,8-9,14,17H,7,10-13H2,1-4H3,(H,24,26). The number of carbonyl (C=O) groups is 2. The van der Waals surface area contributed by atoms with Gasteiger partial charge in [0.05, 0.1) is 30.7 Å². The van der Waals surface area contributed by atoms with E-state index < -0.39 is 0 Å². The molecule has 1 aliphatic carbocycles. The van der Waals surface area contributed by atoms with E-state index in [1.165, 1.54) is 12.7 Å². The highest BCUT2D eigenvalue weighted by Gasteiger charge is 2.36. The van der Waals surface area contributed by atoms with Crippen LogP contribution in [-0.4, -0.2) is 28.8 Å². The number of para-hydroxylation sites is 1. The molecule has 1 atom stereocenters. The molecular weight excluding hydrogens is 354 g/mol. The molecule has 0 spiro atoms. The zero-order chi connectivity index (χ0) is 20.3. The number of aryl methyl sites for hydroxylation is 1. The summed E-state index contributed by atoms with van der Waals surface area (Å²) in [5.41, 5.74) is 4.54. The van der Waals surface area contributed by atoms with Crippen molar-refractivity contribution in [3.05, 3.63) is 47.3 Å². The third kappa shape index (κ3) is 4.43. The van der Waals surface area contributed by atoms with Gasteiger partial charge in [0, 0.05) is 18.4 Å². The zero-order valence-corrected chi connectivity index (χ0v) is 17.1. The number of ether oxygens (including phenoxy) is 1. The number of hydrogen-bond donors (Lipinski definition) is 1. The quantitative estimate of drug-likeness (QED) is 0.773. The van der Waals surface area contributed by atoms with Gasteiger partial charge in [0.2, 0.25) is 5.91 Å². The Hall–Kier alpha value is -2.63. The minimum atomic E-state index is -0.284. The number of methoxy groups -OCH3 is 1. The van der Waals surface area contributed by atoms with Crippen molar-refractivity contribution in [1.29, 1.82) is 0 Å². The van der Waals surface area contributed by atoms with Gasteiger partial charge >= 0.3 is 5.97 Å². The lowest BCUT2D eigenvalue weighted by atomic mass is 9.74. The van der Waals surface area contributed by atoms with Gasteiger partial charge < -0.3 is 10.1 Å². The van der Waals surface area contributed by atoms with E-state index in [4.69, 9.17) is 0 Å². The lowest BCUT2D eigenvalue weighted by molar-refractivity contribution is -0.140. The monoisotopic (exact) mass is 383 g/mol. The lowest BCUT2D eigenvalue weighted by Gasteiger charge is -2.36. The van der Waals surface area contributed by atoms with Crippen LogP contribution in [0, 0.1) is 12.3 Å². The molecule has 0 saturated heterocycles. The number of nitrogens with zero attached hydrogens (tertiary/aromatic N) is 2. The van der Waals surface area contributed by atoms with Crippen molar-refractivity contribution in [2.24, 2.45) is 5.41 Å². The Morgan fingerprint density at radius 1 is 1.29 bits per heavy atom. The molecule has 6 nitrogen and oxygen atoms in total. The van der Waals surface area contributed by atoms with Crippen molar-refractivity contribution in [1.82, 2.24) is 15.1 Å². The first-order chi connectivity index (χ1) is 13.3. The number of nitrogens with one attached hydrogen (secondary N) is 1. The van der Waals surface area contributed by atoms with Crippen LogP contribution in [0.1, 0.15) is 62.4 Å². The highest BCUT2D eigenvalue weighted by Crippen LogP contribution is 2.41. The van der Waals surface area contributed by atoms with Crippen LogP contribution in [0.5, 0.6) is 0 Å². The summed E-state index contributed by atoms with van der Waals surface area (Å²) in [6.07, 6.45) is 4.72. The third-order valence-electron chi connectivity index (χ3n) is 5.37. The summed E-state index contributed by atoms with van der Waals surface area (Å²) in [7, 11) is 1.36. The second-order valence-corrected chi connectivity index (χ2v) is 8.34. The Morgan fingerprint density at radius 2 is 2.04 bits per heavy atom. The van der Waals surface area contributed by atoms with Crippen LogP contribution in [0.2, 0.25) is 0 Å². The van der Waals surface area contributed by atoms with Crippen molar-refractivity contribution in [2.75, 3.05) is 7.11 Å². The summed E-state index contributed by atoms with van der Waals surface area (Å²) in [4.78, 5) is 23.7. The SMILES string of the molecule is COC(=O)CCCC(=O)NC1CC(C)(C)Cc2c1cnn2-c1ccccc1C. The van der Waals surface area contributed by atoms with Crippen LogP contribution in [0.15, 0.2) is 30.5 Å². The Labute approximate surface area is 166 Å². The van der Waals surface area contributed by atoms with Crippen LogP contribution in [0.25, 0.3) is 5.69 Å². The first kappa shape index (κ1) is 20.1. The van der Waals surface area contributed by atoms with E-state index in [2.05, 4.69) is 48.1 Å². The van der Waals surface area contributed by atoms with Crippen molar-refractivity contribution in [3.63, 3.8) is 0 Å². The van der Waals surface area contributed by atoms with Gasteiger partial charge in [-0.2, -0.15) is 5.10 Å². The lowest BCUT2D eigenvalue weighted by Crippen LogP contribution is -2.36. The van der Waals surface area contributed by atoms with Crippen molar-refractivity contribution >= 4 is 11.9 Å². The molecule has 0 fully saturated rings. The maximum atomic E-state index is 12.4. The van der Waals surface area contributed by atoms with Crippen molar-refractivity contribution in [2.45, 2.75) is 58.9 Å². The zero-order valence-electron chi connectivity index (χ0n) is 17.1. The molecule has 0 radical (unpaired) electrons. The highest BCUT2D eigenvalue weighted by atomic mass is 16.5. The van der Waals surface area contributed by atoms with E-state index in [1.807, 2.05) is 23.0 Å². The molecule has 28 heavy (non-hydrogen) atoms. The minimum absolute atomic E-state index is 0.0406. The van der Waals surface area contributed by atoms with E-state index in [0.717, 1.165) is 29.8 Å². The minimum Gasteiger partial charge on any atom is -0.469 e. The number of aromatic nitrogens is 2. The van der Waals surface area contributed by atoms with Gasteiger partial charge in [0.1, 0.15) is 0 Å². The number of esters is 1. The third-order valence-corrected chi connectivity index (χ3v) is 5.37. The molecular formula is C22H29N3O3. The summed E-state index contributed by atoms with van der Waals surface area (Å²) < 4.78 is 6.64. The first-order valence-corrected chi connectivity index (χ1v) is 9.80. The van der Waals surface area contributed by atoms with Gasteiger partial charge in [0.25, 0.3) is 0 Å². The van der Waals surface area contributed by atoms with Crippen LogP contribution >= 0.6 is 0 Å². The average Bonchev–Trinajstić information content (AvgIpc) is 3.04. The second kappa shape index (κ2) is 8.17. The van der Waals surface area contributed by atoms with E-state index in [9.17, 15) is 9.59 Å². The average molecular weight is 383 g/mol. The second-order valence-electron chi connectivity index (χ2n) is 8.34. The number of benzene rings is 1. The van der Waals surface area contributed by atoms with Crippen molar-refractivity contribution < 1.29 is 14.3 Å². The molecule has 1 aliphatic rings. The molecule has 3 rings (SSSR count). The molecule has 0 saturated carbocycles. The van der Waals surface area contributed by atoms with Gasteiger partial charge in [-0.3, -0.25) is 9.59 Å². The number of amides is 1. The maximum absolute atomic E-state index is 12.4. The first-order valence-electron chi connectivity index (χ1n) is 9.80. The van der Waals surface area contributed by atoms with Gasteiger partial charge in [0.15, 0.2) is 0 Å². The number of fused-ring (bicyclic) bond motifs is 1. The Balaban J connectivity index is 1.79. The van der Waals surface area contributed by atoms with Crippen LogP contribution in [0.3, 0.4) is 0 Å².